The number of benzene rings is 1. The first-order valence-corrected chi connectivity index (χ1v) is 8.27. The van der Waals surface area contributed by atoms with Crippen molar-refractivity contribution in [2.45, 2.75) is 31.9 Å². The van der Waals surface area contributed by atoms with E-state index in [2.05, 4.69) is 9.71 Å². The van der Waals surface area contributed by atoms with Gasteiger partial charge in [-0.2, -0.15) is 0 Å². The lowest BCUT2D eigenvalue weighted by molar-refractivity contribution is 0.544. The summed E-state index contributed by atoms with van der Waals surface area (Å²) in [6, 6.07) is 7.18. The molecule has 2 rings (SSSR count). The van der Waals surface area contributed by atoms with E-state index in [1.54, 1.807) is 12.1 Å². The molecule has 1 aromatic heterocycles. The summed E-state index contributed by atoms with van der Waals surface area (Å²) in [5, 5.41) is 1.53. The Balaban J connectivity index is 2.12. The van der Waals surface area contributed by atoms with Gasteiger partial charge in [0.2, 0.25) is 0 Å². The molecule has 21 heavy (non-hydrogen) atoms. The van der Waals surface area contributed by atoms with Gasteiger partial charge in [0, 0.05) is 34.0 Å². The van der Waals surface area contributed by atoms with Gasteiger partial charge in [-0.15, -0.1) is 4.72 Å². The molecule has 1 aromatic carbocycles. The summed E-state index contributed by atoms with van der Waals surface area (Å²) in [6.07, 6.45) is 0.513. The van der Waals surface area contributed by atoms with Gasteiger partial charge in [0.05, 0.1) is 0 Å². The van der Waals surface area contributed by atoms with Crippen LogP contribution in [0.4, 0.5) is 0 Å². The van der Waals surface area contributed by atoms with Crippen molar-refractivity contribution in [1.29, 1.82) is 0 Å². The first-order valence-electron chi connectivity index (χ1n) is 6.74. The molecule has 0 aliphatic carbocycles. The van der Waals surface area contributed by atoms with Gasteiger partial charge in [0.15, 0.2) is 0 Å². The van der Waals surface area contributed by atoms with Gasteiger partial charge in [-0.3, -0.25) is 4.79 Å². The van der Waals surface area contributed by atoms with Gasteiger partial charge in [-0.1, -0.05) is 11.6 Å². The molecular formula is C15H19ClN2O2S. The minimum absolute atomic E-state index is 0.117. The van der Waals surface area contributed by atoms with Crippen LogP contribution in [0.15, 0.2) is 29.1 Å². The monoisotopic (exact) mass is 326 g/mol. The molecule has 1 heterocycles. The van der Waals surface area contributed by atoms with Gasteiger partial charge < -0.3 is 9.54 Å². The molecule has 0 saturated heterocycles. The highest BCUT2D eigenvalue weighted by atomic mass is 35.5. The van der Waals surface area contributed by atoms with Gasteiger partial charge in [0.1, 0.15) is 4.75 Å². The van der Waals surface area contributed by atoms with Gasteiger partial charge in [0.25, 0.3) is 5.56 Å². The zero-order valence-electron chi connectivity index (χ0n) is 12.3. The Labute approximate surface area is 132 Å². The highest BCUT2D eigenvalue weighted by Gasteiger charge is 2.25. The summed E-state index contributed by atoms with van der Waals surface area (Å²) in [4.78, 5) is 14.8. The minimum Gasteiger partial charge on any atom is -0.598 e. The summed E-state index contributed by atoms with van der Waals surface area (Å²) in [5.74, 6) is 0. The van der Waals surface area contributed by atoms with E-state index < -0.39 is 11.4 Å². The van der Waals surface area contributed by atoms with E-state index in [1.807, 2.05) is 32.9 Å². The number of fused-ring (bicyclic) bond motifs is 1. The highest BCUT2D eigenvalue weighted by Crippen LogP contribution is 2.17. The first kappa shape index (κ1) is 16.4. The molecule has 0 spiro atoms. The second-order valence-corrected chi connectivity index (χ2v) is 8.37. The maximum atomic E-state index is 12.0. The van der Waals surface area contributed by atoms with Crippen LogP contribution in [0.25, 0.3) is 10.9 Å². The van der Waals surface area contributed by atoms with Crippen molar-refractivity contribution in [2.24, 2.45) is 0 Å². The van der Waals surface area contributed by atoms with Gasteiger partial charge in [-0.25, -0.2) is 0 Å². The van der Waals surface area contributed by atoms with E-state index >= 15 is 0 Å². The number of nitrogens with one attached hydrogen (secondary N) is 2. The summed E-state index contributed by atoms with van der Waals surface area (Å²) < 4.78 is 14.5. The minimum atomic E-state index is -1.13. The summed E-state index contributed by atoms with van der Waals surface area (Å²) in [5.41, 5.74) is 1.30. The Morgan fingerprint density at radius 1 is 1.33 bits per heavy atom. The molecule has 0 radical (unpaired) electrons. The van der Waals surface area contributed by atoms with Crippen LogP contribution >= 0.6 is 11.6 Å². The second kappa shape index (κ2) is 6.40. The lowest BCUT2D eigenvalue weighted by Crippen LogP contribution is -2.40. The fraction of sp³-hybridized carbons (Fsp3) is 0.400. The molecule has 0 bridgehead atoms. The average Bonchev–Trinajstić information content (AvgIpc) is 2.38. The Morgan fingerprint density at radius 3 is 2.71 bits per heavy atom. The smallest absolute Gasteiger partial charge is 0.251 e. The van der Waals surface area contributed by atoms with Crippen molar-refractivity contribution in [3.63, 3.8) is 0 Å². The van der Waals surface area contributed by atoms with Crippen LogP contribution < -0.4 is 10.3 Å². The van der Waals surface area contributed by atoms with Crippen molar-refractivity contribution < 1.29 is 4.55 Å². The Morgan fingerprint density at radius 2 is 2.05 bits per heavy atom. The molecule has 0 fully saturated rings. The highest BCUT2D eigenvalue weighted by molar-refractivity contribution is 7.90. The van der Waals surface area contributed by atoms with Crippen molar-refractivity contribution >= 4 is 33.9 Å². The molecule has 1 atom stereocenters. The Bertz CT molecular complexity index is 694. The van der Waals surface area contributed by atoms with Crippen LogP contribution in [-0.4, -0.2) is 20.8 Å². The molecule has 2 aromatic rings. The molecule has 0 unspecified atom stereocenters. The zero-order valence-corrected chi connectivity index (χ0v) is 13.9. The van der Waals surface area contributed by atoms with Crippen molar-refractivity contribution in [3.05, 3.63) is 45.2 Å². The number of H-pyrrole nitrogens is 1. The van der Waals surface area contributed by atoms with Crippen LogP contribution in [0.1, 0.15) is 26.3 Å². The molecule has 0 aliphatic rings. The van der Waals surface area contributed by atoms with Crippen LogP contribution in [0, 0.1) is 0 Å². The molecule has 4 nitrogen and oxygen atoms in total. The lowest BCUT2D eigenvalue weighted by atomic mass is 10.1. The van der Waals surface area contributed by atoms with Crippen molar-refractivity contribution in [2.75, 3.05) is 6.54 Å². The summed E-state index contributed by atoms with van der Waals surface area (Å²) in [7, 11) is 0. The van der Waals surface area contributed by atoms with Crippen molar-refractivity contribution in [3.8, 4) is 0 Å². The molecule has 0 amide bonds. The Kier molecular flexibility index (Phi) is 4.99. The van der Waals surface area contributed by atoms with E-state index in [-0.39, 0.29) is 10.3 Å². The van der Waals surface area contributed by atoms with E-state index in [0.29, 0.717) is 23.6 Å². The normalized spacial score (nSPS) is 13.6. The van der Waals surface area contributed by atoms with E-state index in [0.717, 1.165) is 10.9 Å². The predicted molar refractivity (Wildman–Crippen MR) is 89.2 cm³/mol. The maximum Gasteiger partial charge on any atom is 0.251 e. The molecule has 6 heteroatoms. The van der Waals surface area contributed by atoms with Gasteiger partial charge >= 0.3 is 0 Å². The maximum absolute atomic E-state index is 12.0. The van der Waals surface area contributed by atoms with E-state index in [9.17, 15) is 9.35 Å². The number of rotatable bonds is 4. The fourth-order valence-corrected chi connectivity index (χ4v) is 2.80. The fourth-order valence-electron chi connectivity index (χ4n) is 1.90. The number of aromatic nitrogens is 1. The quantitative estimate of drug-likeness (QED) is 0.849. The molecule has 2 N–H and O–H groups in total. The van der Waals surface area contributed by atoms with E-state index in [1.165, 1.54) is 0 Å². The third kappa shape index (κ3) is 4.23. The Hall–Kier alpha value is -1.01. The standard InChI is InChI=1S/C15H19ClN2O2S/c1-15(2,3)21(20)17-7-6-10-8-11-9-12(16)4-5-13(11)18-14(10)19/h4-5,8-9,17H,6-7H2,1-3H3,(H,18,19)/t21-/m1/s1. The largest absolute Gasteiger partial charge is 0.598 e. The van der Waals surface area contributed by atoms with Crippen molar-refractivity contribution in [1.82, 2.24) is 9.71 Å². The predicted octanol–water partition coefficient (Wildman–Crippen LogP) is 2.78. The van der Waals surface area contributed by atoms with Gasteiger partial charge in [-0.05, 0) is 56.8 Å². The summed E-state index contributed by atoms with van der Waals surface area (Å²) >= 11 is 4.83. The molecule has 0 saturated carbocycles. The molecule has 114 valence electrons. The number of hydrogen-bond acceptors (Lipinski definition) is 3. The summed E-state index contributed by atoms with van der Waals surface area (Å²) in [6.45, 7) is 6.20. The number of aromatic amines is 1. The van der Waals surface area contributed by atoms with E-state index in [4.69, 9.17) is 11.6 Å². The first-order chi connectivity index (χ1) is 9.77. The van der Waals surface area contributed by atoms with Crippen LogP contribution in [0.2, 0.25) is 5.02 Å². The number of pyridine rings is 1. The van der Waals surface area contributed by atoms with Crippen LogP contribution in [0.5, 0.6) is 0 Å². The average molecular weight is 327 g/mol. The molecular weight excluding hydrogens is 308 g/mol. The second-order valence-electron chi connectivity index (χ2n) is 5.88. The number of halogens is 1. The lowest BCUT2D eigenvalue weighted by Gasteiger charge is -2.23. The third-order valence-corrected chi connectivity index (χ3v) is 4.88. The number of hydrogen-bond donors (Lipinski definition) is 2. The van der Waals surface area contributed by atoms with Crippen LogP contribution in [0.3, 0.4) is 0 Å². The SMILES string of the molecule is CC(C)(C)[S@@+]([O-])NCCc1cc2cc(Cl)ccc2[nH]c1=O. The third-order valence-electron chi connectivity index (χ3n) is 3.07. The molecule has 0 aliphatic heterocycles. The zero-order chi connectivity index (χ0) is 15.6. The van der Waals surface area contributed by atoms with Crippen LogP contribution in [-0.2, 0) is 17.8 Å². The topological polar surface area (TPSA) is 67.9 Å².